The maximum Gasteiger partial charge on any atom is 0.240 e. The second kappa shape index (κ2) is 4.92. The smallest absolute Gasteiger partial charge is 0.210 e. The van der Waals surface area contributed by atoms with E-state index in [0.717, 1.165) is 25.0 Å². The third-order valence-corrected chi connectivity index (χ3v) is 4.68. The molecule has 2 rings (SSSR count). The molecule has 0 heterocycles. The van der Waals surface area contributed by atoms with Crippen LogP contribution in [0.3, 0.4) is 0 Å². The largest absolute Gasteiger partial charge is 0.240 e. The second-order valence-corrected chi connectivity index (χ2v) is 6.49. The number of nitrogens with one attached hydrogen (secondary N) is 1. The fourth-order valence-electron chi connectivity index (χ4n) is 1.51. The van der Waals surface area contributed by atoms with Gasteiger partial charge in [-0.3, -0.25) is 0 Å². The monoisotopic (exact) mass is 277 g/mol. The Morgan fingerprint density at radius 2 is 1.94 bits per heavy atom. The van der Waals surface area contributed by atoms with Crippen molar-refractivity contribution in [3.63, 3.8) is 0 Å². The fourth-order valence-corrected chi connectivity index (χ4v) is 2.99. The average molecular weight is 278 g/mol. The Hall–Kier alpha value is -0.650. The summed E-state index contributed by atoms with van der Waals surface area (Å²) in [6.07, 6.45) is 2.12. The molecule has 1 aromatic carbocycles. The summed E-state index contributed by atoms with van der Waals surface area (Å²) in [7, 11) is -3.58. The van der Waals surface area contributed by atoms with Gasteiger partial charge in [0.15, 0.2) is 0 Å². The molecule has 1 N–H and O–H groups in total. The van der Waals surface area contributed by atoms with Gasteiger partial charge in [-0.25, -0.2) is 17.5 Å². The Morgan fingerprint density at radius 3 is 2.47 bits per heavy atom. The molecule has 3 nitrogen and oxygen atoms in total. The Kier molecular flexibility index (Phi) is 3.70. The third-order valence-electron chi connectivity index (χ3n) is 2.73. The lowest BCUT2D eigenvalue weighted by Gasteiger charge is -2.10. The zero-order chi connectivity index (χ0) is 12.5. The molecule has 0 bridgehead atoms. The van der Waals surface area contributed by atoms with Crippen LogP contribution >= 0.6 is 11.6 Å². The first-order valence-corrected chi connectivity index (χ1v) is 7.30. The molecular formula is C11H13ClFNO2S. The molecule has 1 unspecified atom stereocenters. The molecular weight excluding hydrogens is 265 g/mol. The Labute approximate surface area is 105 Å². The highest BCUT2D eigenvalue weighted by Gasteiger charge is 2.30. The lowest BCUT2D eigenvalue weighted by Crippen LogP contribution is -2.30. The third kappa shape index (κ3) is 3.40. The highest BCUT2D eigenvalue weighted by Crippen LogP contribution is 2.35. The van der Waals surface area contributed by atoms with E-state index in [1.807, 2.05) is 0 Å². The minimum atomic E-state index is -3.58. The number of halogens is 2. The molecule has 1 fully saturated rings. The number of rotatable bonds is 5. The van der Waals surface area contributed by atoms with Crippen molar-refractivity contribution in [2.75, 3.05) is 6.54 Å². The van der Waals surface area contributed by atoms with Crippen molar-refractivity contribution in [2.24, 2.45) is 5.92 Å². The van der Waals surface area contributed by atoms with Crippen molar-refractivity contribution in [3.8, 4) is 0 Å². The molecule has 0 amide bonds. The topological polar surface area (TPSA) is 46.2 Å². The lowest BCUT2D eigenvalue weighted by molar-refractivity contribution is 0.575. The minimum absolute atomic E-state index is 0.0542. The van der Waals surface area contributed by atoms with Gasteiger partial charge in [-0.2, -0.15) is 0 Å². The molecule has 1 saturated carbocycles. The molecule has 17 heavy (non-hydrogen) atoms. The molecule has 0 saturated heterocycles. The summed E-state index contributed by atoms with van der Waals surface area (Å²) < 4.78 is 38.7. The quantitative estimate of drug-likeness (QED) is 0.838. The summed E-state index contributed by atoms with van der Waals surface area (Å²) in [4.78, 5) is 0.0542. The normalized spacial score (nSPS) is 18.0. The van der Waals surface area contributed by atoms with E-state index in [2.05, 4.69) is 4.72 Å². The molecule has 0 aromatic heterocycles. The number of benzene rings is 1. The lowest BCUT2D eigenvalue weighted by atomic mass is 10.3. The number of sulfonamides is 1. The Morgan fingerprint density at radius 1 is 1.35 bits per heavy atom. The van der Waals surface area contributed by atoms with Crippen molar-refractivity contribution in [2.45, 2.75) is 23.1 Å². The van der Waals surface area contributed by atoms with Crippen molar-refractivity contribution < 1.29 is 12.8 Å². The van der Waals surface area contributed by atoms with E-state index < -0.39 is 15.8 Å². The maximum absolute atomic E-state index is 12.7. The van der Waals surface area contributed by atoms with E-state index in [1.54, 1.807) is 0 Å². The summed E-state index contributed by atoms with van der Waals surface area (Å²) >= 11 is 6.01. The summed E-state index contributed by atoms with van der Waals surface area (Å²) in [6, 6.07) is 4.71. The molecule has 6 heteroatoms. The highest BCUT2D eigenvalue weighted by molar-refractivity contribution is 7.89. The van der Waals surface area contributed by atoms with E-state index in [0.29, 0.717) is 5.92 Å². The predicted molar refractivity (Wildman–Crippen MR) is 64.0 cm³/mol. The molecule has 0 aliphatic heterocycles. The summed E-state index contributed by atoms with van der Waals surface area (Å²) in [5.74, 6) is -0.0373. The first kappa shape index (κ1) is 12.8. The summed E-state index contributed by atoms with van der Waals surface area (Å²) in [6.45, 7) is 0.214. The molecule has 94 valence electrons. The minimum Gasteiger partial charge on any atom is -0.210 e. The molecule has 1 aromatic rings. The van der Waals surface area contributed by atoms with Gasteiger partial charge in [0.25, 0.3) is 0 Å². The summed E-state index contributed by atoms with van der Waals surface area (Å²) in [5.41, 5.74) is 0. The van der Waals surface area contributed by atoms with Crippen LogP contribution in [0.1, 0.15) is 12.8 Å². The van der Waals surface area contributed by atoms with Gasteiger partial charge in [-0.1, -0.05) is 0 Å². The first-order chi connectivity index (χ1) is 7.99. The highest BCUT2D eigenvalue weighted by atomic mass is 35.5. The number of hydrogen-bond acceptors (Lipinski definition) is 2. The zero-order valence-electron chi connectivity index (χ0n) is 9.07. The van der Waals surface area contributed by atoms with Crippen molar-refractivity contribution in [3.05, 3.63) is 30.1 Å². The van der Waals surface area contributed by atoms with Crippen LogP contribution in [0.4, 0.5) is 4.39 Å². The van der Waals surface area contributed by atoms with Gasteiger partial charge in [0.05, 0.1) is 4.90 Å². The molecule has 1 aliphatic rings. The molecule has 0 radical (unpaired) electrons. The van der Waals surface area contributed by atoms with E-state index >= 15 is 0 Å². The van der Waals surface area contributed by atoms with Crippen LogP contribution in [0.2, 0.25) is 0 Å². The molecule has 1 atom stereocenters. The van der Waals surface area contributed by atoms with E-state index in [-0.39, 0.29) is 16.8 Å². The number of alkyl halides is 1. The Balaban J connectivity index is 2.00. The van der Waals surface area contributed by atoms with Crippen LogP contribution in [0.15, 0.2) is 29.2 Å². The maximum atomic E-state index is 12.7. The zero-order valence-corrected chi connectivity index (χ0v) is 10.6. The van der Waals surface area contributed by atoms with Gasteiger partial charge < -0.3 is 0 Å². The van der Waals surface area contributed by atoms with Gasteiger partial charge in [0, 0.05) is 11.9 Å². The van der Waals surface area contributed by atoms with Gasteiger partial charge >= 0.3 is 0 Å². The molecule has 1 aliphatic carbocycles. The van der Waals surface area contributed by atoms with E-state index in [4.69, 9.17) is 11.6 Å². The van der Waals surface area contributed by atoms with Crippen molar-refractivity contribution >= 4 is 21.6 Å². The van der Waals surface area contributed by atoms with Gasteiger partial charge in [-0.15, -0.1) is 11.6 Å². The van der Waals surface area contributed by atoms with Crippen molar-refractivity contribution in [1.29, 1.82) is 0 Å². The van der Waals surface area contributed by atoms with Crippen molar-refractivity contribution in [1.82, 2.24) is 4.72 Å². The second-order valence-electron chi connectivity index (χ2n) is 4.16. The molecule has 0 spiro atoms. The summed E-state index contributed by atoms with van der Waals surface area (Å²) in [5, 5.41) is -0.162. The van der Waals surface area contributed by atoms with E-state index in [9.17, 15) is 12.8 Å². The van der Waals surface area contributed by atoms with Crippen LogP contribution in [-0.2, 0) is 10.0 Å². The van der Waals surface area contributed by atoms with Crippen LogP contribution < -0.4 is 4.72 Å². The van der Waals surface area contributed by atoms with Crippen LogP contribution in [0.5, 0.6) is 0 Å². The van der Waals surface area contributed by atoms with Crippen LogP contribution in [-0.4, -0.2) is 20.3 Å². The van der Waals surface area contributed by atoms with E-state index in [1.165, 1.54) is 12.1 Å². The van der Waals surface area contributed by atoms with Gasteiger partial charge in [0.1, 0.15) is 5.82 Å². The van der Waals surface area contributed by atoms with Gasteiger partial charge in [-0.05, 0) is 43.0 Å². The number of hydrogen-bond donors (Lipinski definition) is 1. The predicted octanol–water partition coefficient (Wildman–Crippen LogP) is 2.12. The first-order valence-electron chi connectivity index (χ1n) is 5.38. The Bertz CT molecular complexity index is 485. The average Bonchev–Trinajstić information content (AvgIpc) is 3.10. The van der Waals surface area contributed by atoms with Gasteiger partial charge in [0.2, 0.25) is 10.0 Å². The van der Waals surface area contributed by atoms with Crippen LogP contribution in [0.25, 0.3) is 0 Å². The standard InChI is InChI=1S/C11H13ClFNO2S/c12-11(8-1-2-8)7-14-17(15,16)10-5-3-9(13)4-6-10/h3-6,8,11,14H,1-2,7H2. The fraction of sp³-hybridized carbons (Fsp3) is 0.455. The van der Waals surface area contributed by atoms with Crippen LogP contribution in [0, 0.1) is 11.7 Å². The SMILES string of the molecule is O=S(=O)(NCC(Cl)C1CC1)c1ccc(F)cc1.